The summed E-state index contributed by atoms with van der Waals surface area (Å²) in [7, 11) is 0. The first kappa shape index (κ1) is 15.2. The molecule has 3 rings (SSSR count). The molecular formula is C17H13ClN2O3. The highest BCUT2D eigenvalue weighted by Gasteiger charge is 2.18. The van der Waals surface area contributed by atoms with Crippen LogP contribution in [0, 0.1) is 0 Å². The molecule has 1 aromatic heterocycles. The lowest BCUT2D eigenvalue weighted by Crippen LogP contribution is -2.17. The van der Waals surface area contributed by atoms with Crippen molar-refractivity contribution in [2.75, 3.05) is 0 Å². The van der Waals surface area contributed by atoms with Crippen LogP contribution in [0.15, 0.2) is 53.3 Å². The molecule has 3 aromatic rings. The van der Waals surface area contributed by atoms with E-state index in [0.29, 0.717) is 15.9 Å². The molecule has 0 saturated heterocycles. The third-order valence-electron chi connectivity index (χ3n) is 3.39. The van der Waals surface area contributed by atoms with E-state index in [2.05, 4.69) is 9.97 Å². The van der Waals surface area contributed by atoms with Gasteiger partial charge in [0.2, 0.25) is 0 Å². The highest BCUT2D eigenvalue weighted by atomic mass is 35.5. The van der Waals surface area contributed by atoms with Gasteiger partial charge in [-0.2, -0.15) is 0 Å². The maximum atomic E-state index is 12.2. The number of halogens is 1. The van der Waals surface area contributed by atoms with Crippen molar-refractivity contribution in [3.8, 4) is 0 Å². The third kappa shape index (κ3) is 3.10. The van der Waals surface area contributed by atoms with Crippen molar-refractivity contribution in [1.29, 1.82) is 0 Å². The molecule has 1 N–H and O–H groups in total. The van der Waals surface area contributed by atoms with Crippen LogP contribution in [-0.2, 0) is 4.74 Å². The number of aromatic nitrogens is 2. The maximum Gasteiger partial charge on any atom is 0.340 e. The minimum atomic E-state index is -0.712. The van der Waals surface area contributed by atoms with Gasteiger partial charge in [0.05, 0.1) is 21.5 Å². The van der Waals surface area contributed by atoms with Crippen molar-refractivity contribution < 1.29 is 9.53 Å². The average Bonchev–Trinajstić information content (AvgIpc) is 2.55. The van der Waals surface area contributed by atoms with Crippen LogP contribution in [0.5, 0.6) is 0 Å². The van der Waals surface area contributed by atoms with Crippen molar-refractivity contribution >= 4 is 28.5 Å². The van der Waals surface area contributed by atoms with Gasteiger partial charge < -0.3 is 9.72 Å². The van der Waals surface area contributed by atoms with E-state index in [1.165, 1.54) is 0 Å². The monoisotopic (exact) mass is 328 g/mol. The number of para-hydroxylation sites is 1. The first-order valence-corrected chi connectivity index (χ1v) is 7.38. The molecule has 116 valence electrons. The second-order valence-electron chi connectivity index (χ2n) is 5.00. The smallest absolute Gasteiger partial charge is 0.340 e. The number of carbonyl (C=O) groups is 1. The lowest BCUT2D eigenvalue weighted by molar-refractivity contribution is 0.0320. The summed E-state index contributed by atoms with van der Waals surface area (Å²) in [6.07, 6.45) is -0.712. The molecule has 6 heteroatoms. The van der Waals surface area contributed by atoms with Crippen LogP contribution >= 0.6 is 11.6 Å². The number of ether oxygens (including phenoxy) is 1. The number of benzene rings is 2. The minimum Gasteiger partial charge on any atom is -0.451 e. The summed E-state index contributed by atoms with van der Waals surface area (Å²) >= 11 is 5.98. The van der Waals surface area contributed by atoms with Gasteiger partial charge in [0, 0.05) is 0 Å². The van der Waals surface area contributed by atoms with Crippen LogP contribution in [0.1, 0.15) is 29.2 Å². The number of esters is 1. The molecule has 0 radical (unpaired) electrons. The molecule has 23 heavy (non-hydrogen) atoms. The molecule has 2 aromatic carbocycles. The Kier molecular flexibility index (Phi) is 4.12. The fourth-order valence-corrected chi connectivity index (χ4v) is 2.42. The van der Waals surface area contributed by atoms with E-state index in [1.807, 2.05) is 0 Å². The second-order valence-corrected chi connectivity index (χ2v) is 5.40. The van der Waals surface area contributed by atoms with Gasteiger partial charge in [-0.05, 0) is 31.2 Å². The number of hydrogen-bond acceptors (Lipinski definition) is 4. The largest absolute Gasteiger partial charge is 0.451 e. The van der Waals surface area contributed by atoms with Crippen molar-refractivity contribution in [3.63, 3.8) is 0 Å². The fraction of sp³-hybridized carbons (Fsp3) is 0.118. The Morgan fingerprint density at radius 3 is 2.65 bits per heavy atom. The van der Waals surface area contributed by atoms with E-state index < -0.39 is 12.1 Å². The molecule has 0 amide bonds. The zero-order chi connectivity index (χ0) is 16.4. The molecule has 0 spiro atoms. The number of fused-ring (bicyclic) bond motifs is 1. The Morgan fingerprint density at radius 2 is 1.87 bits per heavy atom. The summed E-state index contributed by atoms with van der Waals surface area (Å²) in [5.41, 5.74) is 0.544. The molecule has 0 saturated carbocycles. The predicted molar refractivity (Wildman–Crippen MR) is 87.6 cm³/mol. The lowest BCUT2D eigenvalue weighted by atomic mass is 10.2. The van der Waals surface area contributed by atoms with E-state index in [9.17, 15) is 9.59 Å². The number of H-pyrrole nitrogens is 1. The van der Waals surface area contributed by atoms with E-state index in [-0.39, 0.29) is 16.9 Å². The topological polar surface area (TPSA) is 72.0 Å². The summed E-state index contributed by atoms with van der Waals surface area (Å²) < 4.78 is 5.35. The predicted octanol–water partition coefficient (Wildman–Crippen LogP) is 3.49. The summed E-state index contributed by atoms with van der Waals surface area (Å²) in [6, 6.07) is 13.6. The van der Waals surface area contributed by atoms with Crippen LogP contribution in [0.2, 0.25) is 5.02 Å². The molecule has 0 fully saturated rings. The van der Waals surface area contributed by atoms with Gasteiger partial charge in [-0.15, -0.1) is 0 Å². The standard InChI is InChI=1S/C17H13ClN2O3/c1-10(23-17(22)11-6-2-4-8-13(11)18)15-19-14-9-5-3-7-12(14)16(21)20-15/h2-10H,1H3,(H,19,20,21)/t10-/m1/s1. The van der Waals surface area contributed by atoms with Gasteiger partial charge >= 0.3 is 5.97 Å². The van der Waals surface area contributed by atoms with Crippen LogP contribution in [0.4, 0.5) is 0 Å². The lowest BCUT2D eigenvalue weighted by Gasteiger charge is -2.13. The van der Waals surface area contributed by atoms with Crippen LogP contribution in [-0.4, -0.2) is 15.9 Å². The van der Waals surface area contributed by atoms with Crippen molar-refractivity contribution in [3.05, 3.63) is 75.3 Å². The van der Waals surface area contributed by atoms with Crippen molar-refractivity contribution in [2.45, 2.75) is 13.0 Å². The van der Waals surface area contributed by atoms with E-state index in [1.54, 1.807) is 55.5 Å². The molecule has 1 heterocycles. The normalized spacial score (nSPS) is 12.1. The molecule has 5 nitrogen and oxygen atoms in total. The molecular weight excluding hydrogens is 316 g/mol. The number of nitrogens with one attached hydrogen (secondary N) is 1. The van der Waals surface area contributed by atoms with Crippen molar-refractivity contribution in [2.24, 2.45) is 0 Å². The van der Waals surface area contributed by atoms with E-state index in [4.69, 9.17) is 16.3 Å². The van der Waals surface area contributed by atoms with Gasteiger partial charge in [-0.3, -0.25) is 4.79 Å². The van der Waals surface area contributed by atoms with Gasteiger partial charge in [-0.1, -0.05) is 35.9 Å². The summed E-state index contributed by atoms with van der Waals surface area (Å²) in [4.78, 5) is 31.2. The third-order valence-corrected chi connectivity index (χ3v) is 3.72. The molecule has 1 atom stereocenters. The SMILES string of the molecule is C[C@@H](OC(=O)c1ccccc1Cl)c1nc2ccccc2c(=O)[nH]1. The summed E-state index contributed by atoms with van der Waals surface area (Å²) in [5.74, 6) is -0.284. The van der Waals surface area contributed by atoms with Crippen LogP contribution < -0.4 is 5.56 Å². The average molecular weight is 329 g/mol. The number of rotatable bonds is 3. The van der Waals surface area contributed by atoms with E-state index >= 15 is 0 Å². The highest BCUT2D eigenvalue weighted by molar-refractivity contribution is 6.33. The number of carbonyl (C=O) groups excluding carboxylic acids is 1. The molecule has 0 aliphatic heterocycles. The zero-order valence-electron chi connectivity index (χ0n) is 12.2. The zero-order valence-corrected chi connectivity index (χ0v) is 13.0. The Bertz CT molecular complexity index is 936. The first-order chi connectivity index (χ1) is 11.1. The Balaban J connectivity index is 1.89. The van der Waals surface area contributed by atoms with Gasteiger partial charge in [0.1, 0.15) is 0 Å². The minimum absolute atomic E-state index is 0.268. The molecule has 0 bridgehead atoms. The van der Waals surface area contributed by atoms with E-state index in [0.717, 1.165) is 0 Å². The molecule has 0 aliphatic rings. The Labute approximate surface area is 136 Å². The van der Waals surface area contributed by atoms with Gasteiger partial charge in [0.15, 0.2) is 11.9 Å². The molecule has 0 aliphatic carbocycles. The highest BCUT2D eigenvalue weighted by Crippen LogP contribution is 2.20. The van der Waals surface area contributed by atoms with Crippen LogP contribution in [0.3, 0.4) is 0 Å². The first-order valence-electron chi connectivity index (χ1n) is 7.00. The second kappa shape index (κ2) is 6.22. The summed E-state index contributed by atoms with van der Waals surface area (Å²) in [5, 5.41) is 0.797. The summed E-state index contributed by atoms with van der Waals surface area (Å²) in [6.45, 7) is 1.64. The number of aromatic amines is 1. The van der Waals surface area contributed by atoms with Gasteiger partial charge in [-0.25, -0.2) is 9.78 Å². The van der Waals surface area contributed by atoms with Crippen LogP contribution in [0.25, 0.3) is 10.9 Å². The Morgan fingerprint density at radius 1 is 1.17 bits per heavy atom. The maximum absolute atomic E-state index is 12.2. The quantitative estimate of drug-likeness (QED) is 0.747. The van der Waals surface area contributed by atoms with Crippen molar-refractivity contribution in [1.82, 2.24) is 9.97 Å². The number of nitrogens with zero attached hydrogens (tertiary/aromatic N) is 1. The molecule has 0 unspecified atom stereocenters. The fourth-order valence-electron chi connectivity index (χ4n) is 2.20. The number of hydrogen-bond donors (Lipinski definition) is 1. The Hall–Kier alpha value is -2.66. The van der Waals surface area contributed by atoms with Gasteiger partial charge in [0.25, 0.3) is 5.56 Å².